The highest BCUT2D eigenvalue weighted by atomic mass is 32.2. The van der Waals surface area contributed by atoms with Crippen LogP contribution in [0.5, 0.6) is 5.75 Å². The van der Waals surface area contributed by atoms with Crippen LogP contribution < -0.4 is 14.4 Å². The Kier molecular flexibility index (Phi) is 8.45. The molecule has 0 saturated carbocycles. The van der Waals surface area contributed by atoms with Gasteiger partial charge in [-0.1, -0.05) is 48.0 Å². The molecular formula is C37H36N4O7S. The van der Waals surface area contributed by atoms with E-state index in [2.05, 4.69) is 10.3 Å². The lowest BCUT2D eigenvalue weighted by Crippen LogP contribution is -2.39. The number of sulfonamides is 1. The molecule has 252 valence electrons. The van der Waals surface area contributed by atoms with E-state index in [1.807, 2.05) is 61.5 Å². The van der Waals surface area contributed by atoms with Crippen LogP contribution in [0.1, 0.15) is 29.8 Å². The molecule has 49 heavy (non-hydrogen) atoms. The Balaban J connectivity index is 1.64. The SMILES string of the molecule is CNC(=O)c1c(-c2ccc(C)cc2)oc2cc(N(C)S(C)(=O)=O)c(-c3ccc(OC(C)(C)C(=O)OC)c(-c4cc5ccccc5[nH]4)n3)cc12. The van der Waals surface area contributed by atoms with Crippen LogP contribution >= 0.6 is 0 Å². The Hall–Kier alpha value is -5.62. The van der Waals surface area contributed by atoms with Crippen molar-refractivity contribution in [3.8, 4) is 39.7 Å². The average Bonchev–Trinajstić information content (AvgIpc) is 3.68. The second-order valence-corrected chi connectivity index (χ2v) is 14.3. The van der Waals surface area contributed by atoms with Gasteiger partial charge in [0, 0.05) is 47.6 Å². The van der Waals surface area contributed by atoms with Crippen molar-refractivity contribution in [3.63, 3.8) is 0 Å². The lowest BCUT2D eigenvalue weighted by molar-refractivity contribution is -0.156. The molecule has 3 aromatic carbocycles. The van der Waals surface area contributed by atoms with E-state index >= 15 is 0 Å². The standard InChI is InChI=1S/C37H36N4O7S/c1-21-12-14-22(15-13-21)34-32(35(42)38-4)25-19-24(29(20-31(25)47-34)41(5)49(7,44)45)27-16-17-30(48-37(2,3)36(43)46-6)33(40-27)28-18-23-10-8-9-11-26(23)39-28/h8-20,39H,1-7H3,(H,38,42). The van der Waals surface area contributed by atoms with E-state index in [0.29, 0.717) is 56.3 Å². The van der Waals surface area contributed by atoms with E-state index in [4.69, 9.17) is 18.9 Å². The Morgan fingerprint density at radius 2 is 1.71 bits per heavy atom. The summed E-state index contributed by atoms with van der Waals surface area (Å²) in [6, 6.07) is 23.9. The van der Waals surface area contributed by atoms with Crippen LogP contribution in [0.15, 0.2) is 83.3 Å². The van der Waals surface area contributed by atoms with Gasteiger partial charge < -0.3 is 24.2 Å². The lowest BCUT2D eigenvalue weighted by Gasteiger charge is -2.25. The number of carbonyl (C=O) groups is 2. The van der Waals surface area contributed by atoms with Crippen molar-refractivity contribution in [2.75, 3.05) is 31.8 Å². The molecule has 0 saturated heterocycles. The van der Waals surface area contributed by atoms with Crippen LogP contribution in [0.25, 0.3) is 55.8 Å². The van der Waals surface area contributed by atoms with Crippen molar-refractivity contribution in [2.24, 2.45) is 0 Å². The van der Waals surface area contributed by atoms with Gasteiger partial charge in [0.25, 0.3) is 5.91 Å². The molecule has 6 aromatic rings. The maximum absolute atomic E-state index is 13.4. The number of fused-ring (bicyclic) bond motifs is 2. The summed E-state index contributed by atoms with van der Waals surface area (Å²) in [5, 5.41) is 4.11. The number of methoxy groups -OCH3 is 1. The number of ether oxygens (including phenoxy) is 2. The Labute approximate surface area is 283 Å². The lowest BCUT2D eigenvalue weighted by atomic mass is 10.00. The number of amides is 1. The number of aromatic nitrogens is 2. The molecule has 3 heterocycles. The maximum atomic E-state index is 13.4. The minimum Gasteiger partial charge on any atom is -0.474 e. The number of carbonyl (C=O) groups excluding carboxylic acids is 2. The highest BCUT2D eigenvalue weighted by Crippen LogP contribution is 2.42. The Morgan fingerprint density at radius 3 is 2.37 bits per heavy atom. The van der Waals surface area contributed by atoms with Crippen molar-refractivity contribution in [2.45, 2.75) is 26.4 Å². The van der Waals surface area contributed by atoms with Crippen LogP contribution in [0.3, 0.4) is 0 Å². The Morgan fingerprint density at radius 1 is 1.00 bits per heavy atom. The van der Waals surface area contributed by atoms with Crippen LogP contribution in [0.2, 0.25) is 0 Å². The summed E-state index contributed by atoms with van der Waals surface area (Å²) in [7, 11) is 0.510. The van der Waals surface area contributed by atoms with E-state index in [1.165, 1.54) is 21.2 Å². The number of aryl methyl sites for hydroxylation is 1. The Bertz CT molecular complexity index is 2320. The summed E-state index contributed by atoms with van der Waals surface area (Å²) in [6.45, 7) is 5.16. The first-order valence-electron chi connectivity index (χ1n) is 15.4. The van der Waals surface area contributed by atoms with Gasteiger partial charge in [-0.25, -0.2) is 18.2 Å². The van der Waals surface area contributed by atoms with Gasteiger partial charge in [-0.3, -0.25) is 9.10 Å². The van der Waals surface area contributed by atoms with Crippen LogP contribution in [-0.4, -0.2) is 63.3 Å². The normalized spacial score (nSPS) is 11.9. The first kappa shape index (κ1) is 33.3. The molecule has 0 atom stereocenters. The zero-order chi connectivity index (χ0) is 35.2. The monoisotopic (exact) mass is 680 g/mol. The number of benzene rings is 3. The summed E-state index contributed by atoms with van der Waals surface area (Å²) < 4.78 is 44.6. The molecule has 6 rings (SSSR count). The highest BCUT2D eigenvalue weighted by molar-refractivity contribution is 7.92. The molecule has 0 fully saturated rings. The number of pyridine rings is 1. The number of esters is 1. The summed E-state index contributed by atoms with van der Waals surface area (Å²) >= 11 is 0. The van der Waals surface area contributed by atoms with Crippen molar-refractivity contribution in [1.82, 2.24) is 15.3 Å². The molecule has 0 aliphatic heterocycles. The molecule has 1 amide bonds. The van der Waals surface area contributed by atoms with E-state index in [-0.39, 0.29) is 11.6 Å². The van der Waals surface area contributed by atoms with Gasteiger partial charge in [0.2, 0.25) is 10.0 Å². The number of nitrogens with one attached hydrogen (secondary N) is 2. The number of anilines is 1. The number of rotatable bonds is 9. The topological polar surface area (TPSA) is 144 Å². The minimum atomic E-state index is -3.76. The van der Waals surface area contributed by atoms with Gasteiger partial charge >= 0.3 is 5.97 Å². The van der Waals surface area contributed by atoms with E-state index in [9.17, 15) is 18.0 Å². The molecule has 0 spiro atoms. The van der Waals surface area contributed by atoms with Gasteiger partial charge in [0.1, 0.15) is 22.8 Å². The summed E-state index contributed by atoms with van der Waals surface area (Å²) in [6.07, 6.45) is 1.10. The molecule has 11 nitrogen and oxygen atoms in total. The molecule has 12 heteroatoms. The van der Waals surface area contributed by atoms with E-state index in [1.54, 1.807) is 38.1 Å². The zero-order valence-corrected chi connectivity index (χ0v) is 29.0. The summed E-state index contributed by atoms with van der Waals surface area (Å²) in [5.74, 6) is -0.307. The molecule has 0 bridgehead atoms. The molecular weight excluding hydrogens is 644 g/mol. The number of aromatic amines is 1. The third kappa shape index (κ3) is 6.22. The number of hydrogen-bond donors (Lipinski definition) is 2. The van der Waals surface area contributed by atoms with Crippen LogP contribution in [0.4, 0.5) is 5.69 Å². The largest absolute Gasteiger partial charge is 0.474 e. The highest BCUT2D eigenvalue weighted by Gasteiger charge is 2.33. The van der Waals surface area contributed by atoms with Crippen LogP contribution in [-0.2, 0) is 19.6 Å². The second-order valence-electron chi connectivity index (χ2n) is 12.3. The molecule has 2 N–H and O–H groups in total. The van der Waals surface area contributed by atoms with Crippen molar-refractivity contribution >= 4 is 49.5 Å². The van der Waals surface area contributed by atoms with Crippen molar-refractivity contribution in [3.05, 3.63) is 90.0 Å². The predicted octanol–water partition coefficient (Wildman–Crippen LogP) is 6.70. The summed E-state index contributed by atoms with van der Waals surface area (Å²) in [5.41, 5.74) is 3.90. The van der Waals surface area contributed by atoms with Gasteiger partial charge in [0.15, 0.2) is 5.60 Å². The molecule has 0 aliphatic rings. The number of hydrogen-bond acceptors (Lipinski definition) is 8. The molecule has 0 unspecified atom stereocenters. The molecule has 0 radical (unpaired) electrons. The maximum Gasteiger partial charge on any atom is 0.349 e. The van der Waals surface area contributed by atoms with E-state index in [0.717, 1.165) is 27.0 Å². The van der Waals surface area contributed by atoms with Crippen molar-refractivity contribution in [1.29, 1.82) is 0 Å². The fraction of sp³-hybridized carbons (Fsp3) is 0.216. The van der Waals surface area contributed by atoms with Gasteiger partial charge in [-0.05, 0) is 51.1 Å². The quantitative estimate of drug-likeness (QED) is 0.161. The number of nitrogens with zero attached hydrogens (tertiary/aromatic N) is 2. The number of H-pyrrole nitrogens is 1. The summed E-state index contributed by atoms with van der Waals surface area (Å²) in [4.78, 5) is 34.4. The average molecular weight is 681 g/mol. The number of para-hydroxylation sites is 1. The first-order valence-corrected chi connectivity index (χ1v) is 17.3. The van der Waals surface area contributed by atoms with Crippen LogP contribution in [0, 0.1) is 6.92 Å². The van der Waals surface area contributed by atoms with Gasteiger partial charge in [-0.15, -0.1) is 0 Å². The van der Waals surface area contributed by atoms with Gasteiger partial charge in [0.05, 0.1) is 36.0 Å². The zero-order valence-electron chi connectivity index (χ0n) is 28.2. The minimum absolute atomic E-state index is 0.279. The third-order valence-electron chi connectivity index (χ3n) is 8.37. The second kappa shape index (κ2) is 12.4. The fourth-order valence-electron chi connectivity index (χ4n) is 5.67. The van der Waals surface area contributed by atoms with Crippen molar-refractivity contribution < 1.29 is 31.9 Å². The first-order chi connectivity index (χ1) is 23.2. The molecule has 0 aliphatic carbocycles. The fourth-order valence-corrected chi connectivity index (χ4v) is 6.18. The smallest absolute Gasteiger partial charge is 0.349 e. The third-order valence-corrected chi connectivity index (χ3v) is 9.56. The van der Waals surface area contributed by atoms with Gasteiger partial charge in [-0.2, -0.15) is 0 Å². The van der Waals surface area contributed by atoms with E-state index < -0.39 is 21.6 Å². The number of furan rings is 1. The predicted molar refractivity (Wildman–Crippen MR) is 190 cm³/mol. The molecule has 3 aromatic heterocycles.